The van der Waals surface area contributed by atoms with Gasteiger partial charge < -0.3 is 0 Å². The first kappa shape index (κ1) is 11.9. The lowest BCUT2D eigenvalue weighted by Gasteiger charge is -1.96. The van der Waals surface area contributed by atoms with Crippen LogP contribution in [-0.4, -0.2) is 25.2 Å². The van der Waals surface area contributed by atoms with Crippen LogP contribution in [0.4, 0.5) is 0 Å². The van der Waals surface area contributed by atoms with E-state index in [0.29, 0.717) is 11.3 Å². The summed E-state index contributed by atoms with van der Waals surface area (Å²) >= 11 is 1.18. The van der Waals surface area contributed by atoms with Crippen molar-refractivity contribution in [2.45, 2.75) is 33.2 Å². The average molecular weight is 250 g/mol. The van der Waals surface area contributed by atoms with Crippen LogP contribution in [0.3, 0.4) is 0 Å². The van der Waals surface area contributed by atoms with Crippen LogP contribution >= 0.6 is 11.5 Å². The number of hydrogen-bond donors (Lipinski definition) is 0. The zero-order valence-electron chi connectivity index (χ0n) is 9.88. The molecule has 17 heavy (non-hydrogen) atoms. The molecular weight excluding hydrogens is 236 g/mol. The van der Waals surface area contributed by atoms with Gasteiger partial charge in [-0.15, -0.1) is 5.10 Å². The molecule has 0 radical (unpaired) electrons. The maximum absolute atomic E-state index is 12.0. The SMILES string of the molecule is CCc1nnsc1C(=O)Cc1cnn(CC)c1. The van der Waals surface area contributed by atoms with Crippen molar-refractivity contribution >= 4 is 17.3 Å². The summed E-state index contributed by atoms with van der Waals surface area (Å²) in [4.78, 5) is 12.7. The van der Waals surface area contributed by atoms with Gasteiger partial charge in [0.1, 0.15) is 4.88 Å². The van der Waals surface area contributed by atoms with Crippen LogP contribution in [0, 0.1) is 0 Å². The third-order valence-corrected chi connectivity index (χ3v) is 3.33. The molecule has 0 amide bonds. The molecule has 0 N–H and O–H groups in total. The minimum absolute atomic E-state index is 0.0764. The summed E-state index contributed by atoms with van der Waals surface area (Å²) in [6.45, 7) is 4.81. The summed E-state index contributed by atoms with van der Waals surface area (Å²) in [6.07, 6.45) is 4.75. The van der Waals surface area contributed by atoms with Gasteiger partial charge in [-0.1, -0.05) is 11.4 Å². The summed E-state index contributed by atoms with van der Waals surface area (Å²) in [5, 5.41) is 8.09. The predicted octanol–water partition coefficient (Wildman–Crippen LogP) is 1.74. The molecule has 0 fully saturated rings. The lowest BCUT2D eigenvalue weighted by Crippen LogP contribution is -2.04. The standard InChI is InChI=1S/C11H14N4OS/c1-3-9-11(17-14-13-9)10(16)5-8-6-12-15(4-2)7-8/h6-7H,3-5H2,1-2H3. The first-order valence-corrected chi connectivity index (χ1v) is 6.37. The molecular formula is C11H14N4OS. The number of carbonyl (C=O) groups excluding carboxylic acids is 1. The number of aryl methyl sites for hydroxylation is 2. The maximum Gasteiger partial charge on any atom is 0.180 e. The van der Waals surface area contributed by atoms with Crippen molar-refractivity contribution in [3.8, 4) is 0 Å². The van der Waals surface area contributed by atoms with E-state index in [9.17, 15) is 4.79 Å². The van der Waals surface area contributed by atoms with Crippen molar-refractivity contribution in [2.24, 2.45) is 0 Å². The lowest BCUT2D eigenvalue weighted by atomic mass is 10.1. The van der Waals surface area contributed by atoms with E-state index in [1.807, 2.05) is 24.7 Å². The molecule has 6 heteroatoms. The van der Waals surface area contributed by atoms with Crippen molar-refractivity contribution in [3.63, 3.8) is 0 Å². The van der Waals surface area contributed by atoms with E-state index in [1.165, 1.54) is 11.5 Å². The van der Waals surface area contributed by atoms with Gasteiger partial charge in [0.2, 0.25) is 0 Å². The Kier molecular flexibility index (Phi) is 3.63. The van der Waals surface area contributed by atoms with Gasteiger partial charge in [-0.25, -0.2) is 0 Å². The third-order valence-electron chi connectivity index (χ3n) is 2.52. The Morgan fingerprint density at radius 3 is 2.94 bits per heavy atom. The van der Waals surface area contributed by atoms with Crippen LogP contribution in [-0.2, 0) is 19.4 Å². The Bertz CT molecular complexity index is 517. The van der Waals surface area contributed by atoms with Crippen molar-refractivity contribution in [1.29, 1.82) is 0 Å². The smallest absolute Gasteiger partial charge is 0.180 e. The Labute approximate surface area is 104 Å². The second-order valence-electron chi connectivity index (χ2n) is 3.71. The number of ketones is 1. The van der Waals surface area contributed by atoms with Gasteiger partial charge in [0.15, 0.2) is 5.78 Å². The van der Waals surface area contributed by atoms with Crippen LogP contribution in [0.25, 0.3) is 0 Å². The van der Waals surface area contributed by atoms with Crippen LogP contribution in [0.2, 0.25) is 0 Å². The van der Waals surface area contributed by atoms with E-state index in [4.69, 9.17) is 0 Å². The Balaban J connectivity index is 2.11. The van der Waals surface area contributed by atoms with E-state index in [1.54, 1.807) is 6.20 Å². The summed E-state index contributed by atoms with van der Waals surface area (Å²) in [7, 11) is 0. The van der Waals surface area contributed by atoms with Crippen LogP contribution < -0.4 is 0 Å². The molecule has 0 saturated heterocycles. The predicted molar refractivity (Wildman–Crippen MR) is 65.2 cm³/mol. The van der Waals surface area contributed by atoms with Crippen molar-refractivity contribution < 1.29 is 4.79 Å². The van der Waals surface area contributed by atoms with Gasteiger partial charge in [-0.2, -0.15) is 5.10 Å². The largest absolute Gasteiger partial charge is 0.293 e. The number of nitrogens with zero attached hydrogens (tertiary/aromatic N) is 4. The fraction of sp³-hybridized carbons (Fsp3) is 0.455. The van der Waals surface area contributed by atoms with Gasteiger partial charge in [0.05, 0.1) is 11.9 Å². The van der Waals surface area contributed by atoms with E-state index in [0.717, 1.165) is 24.2 Å². The zero-order valence-corrected chi connectivity index (χ0v) is 10.7. The summed E-state index contributed by atoms with van der Waals surface area (Å²) < 4.78 is 5.64. The highest BCUT2D eigenvalue weighted by Crippen LogP contribution is 2.14. The number of carbonyl (C=O) groups is 1. The summed E-state index contributed by atoms with van der Waals surface area (Å²) in [5.74, 6) is 0.0764. The maximum atomic E-state index is 12.0. The van der Waals surface area contributed by atoms with Crippen molar-refractivity contribution in [2.75, 3.05) is 0 Å². The summed E-state index contributed by atoms with van der Waals surface area (Å²) in [6, 6.07) is 0. The molecule has 2 aromatic rings. The molecule has 90 valence electrons. The highest BCUT2D eigenvalue weighted by atomic mass is 32.1. The Morgan fingerprint density at radius 2 is 2.29 bits per heavy atom. The Hall–Kier alpha value is -1.56. The molecule has 2 heterocycles. The highest BCUT2D eigenvalue weighted by molar-refractivity contribution is 7.08. The first-order chi connectivity index (χ1) is 8.24. The molecule has 0 spiro atoms. The van der Waals surface area contributed by atoms with Gasteiger partial charge in [0.25, 0.3) is 0 Å². The minimum Gasteiger partial charge on any atom is -0.293 e. The molecule has 2 rings (SSSR count). The molecule has 0 aromatic carbocycles. The molecule has 2 aromatic heterocycles. The lowest BCUT2D eigenvalue weighted by molar-refractivity contribution is 0.0996. The number of aromatic nitrogens is 4. The topological polar surface area (TPSA) is 60.7 Å². The summed E-state index contributed by atoms with van der Waals surface area (Å²) in [5.41, 5.74) is 1.73. The second-order valence-corrected chi connectivity index (χ2v) is 4.46. The molecule has 0 aliphatic carbocycles. The first-order valence-electron chi connectivity index (χ1n) is 5.60. The average Bonchev–Trinajstić information content (AvgIpc) is 2.96. The zero-order chi connectivity index (χ0) is 12.3. The van der Waals surface area contributed by atoms with E-state index >= 15 is 0 Å². The molecule has 0 aliphatic heterocycles. The molecule has 5 nitrogen and oxygen atoms in total. The van der Waals surface area contributed by atoms with Crippen LogP contribution in [0.15, 0.2) is 12.4 Å². The van der Waals surface area contributed by atoms with Gasteiger partial charge >= 0.3 is 0 Å². The van der Waals surface area contributed by atoms with Gasteiger partial charge in [0, 0.05) is 19.2 Å². The number of rotatable bonds is 5. The van der Waals surface area contributed by atoms with E-state index in [2.05, 4.69) is 14.7 Å². The van der Waals surface area contributed by atoms with Crippen molar-refractivity contribution in [3.05, 3.63) is 28.5 Å². The van der Waals surface area contributed by atoms with E-state index in [-0.39, 0.29) is 5.78 Å². The minimum atomic E-state index is 0.0764. The third kappa shape index (κ3) is 2.58. The second kappa shape index (κ2) is 5.18. The van der Waals surface area contributed by atoms with E-state index < -0.39 is 0 Å². The van der Waals surface area contributed by atoms with Crippen LogP contribution in [0.1, 0.15) is 34.8 Å². The molecule has 0 atom stereocenters. The monoisotopic (exact) mass is 250 g/mol. The van der Waals surface area contributed by atoms with Crippen molar-refractivity contribution in [1.82, 2.24) is 19.4 Å². The normalized spacial score (nSPS) is 10.7. The number of hydrogen-bond acceptors (Lipinski definition) is 5. The van der Waals surface area contributed by atoms with Crippen LogP contribution in [0.5, 0.6) is 0 Å². The fourth-order valence-corrected chi connectivity index (χ4v) is 2.27. The molecule has 0 bridgehead atoms. The van der Waals surface area contributed by atoms with Gasteiger partial charge in [-0.3, -0.25) is 9.48 Å². The quantitative estimate of drug-likeness (QED) is 0.758. The molecule has 0 aliphatic rings. The number of Topliss-reactive ketones (excluding diaryl/α,β-unsaturated/α-hetero) is 1. The molecule has 0 saturated carbocycles. The highest BCUT2D eigenvalue weighted by Gasteiger charge is 2.15. The fourth-order valence-electron chi connectivity index (χ4n) is 1.59. The Morgan fingerprint density at radius 1 is 1.47 bits per heavy atom. The van der Waals surface area contributed by atoms with Gasteiger partial charge in [-0.05, 0) is 30.4 Å². The molecule has 0 unspecified atom stereocenters.